The minimum absolute atomic E-state index is 0.140. The van der Waals surface area contributed by atoms with Crippen molar-refractivity contribution in [1.82, 2.24) is 10.3 Å². The van der Waals surface area contributed by atoms with E-state index in [2.05, 4.69) is 46.4 Å². The van der Waals surface area contributed by atoms with E-state index in [0.29, 0.717) is 11.7 Å². The highest BCUT2D eigenvalue weighted by Gasteiger charge is 2.42. The number of hydrogen-bond donors (Lipinski definition) is 1. The lowest BCUT2D eigenvalue weighted by atomic mass is 10.0. The second-order valence-corrected chi connectivity index (χ2v) is 8.56. The molecule has 1 aliphatic rings. The Labute approximate surface area is 205 Å². The molecular weight excluding hydrogens is 442 g/mol. The van der Waals surface area contributed by atoms with Crippen LogP contribution in [0, 0.1) is 0 Å². The molecule has 0 saturated carbocycles. The number of nitrogens with zero attached hydrogens (tertiary/aromatic N) is 2. The number of rotatable bonds is 7. The normalized spacial score (nSPS) is 17.6. The molecule has 172 valence electrons. The van der Waals surface area contributed by atoms with Crippen molar-refractivity contribution in [3.63, 3.8) is 0 Å². The van der Waals surface area contributed by atoms with Gasteiger partial charge in [-0.15, -0.1) is 0 Å². The van der Waals surface area contributed by atoms with Gasteiger partial charge in [-0.25, -0.2) is 0 Å². The predicted octanol–water partition coefficient (Wildman–Crippen LogP) is 6.48. The lowest BCUT2D eigenvalue weighted by molar-refractivity contribution is 0.340. The fourth-order valence-corrected chi connectivity index (χ4v) is 4.71. The van der Waals surface area contributed by atoms with Gasteiger partial charge < -0.3 is 19.4 Å². The molecule has 5 rings (SSSR count). The fraction of sp³-hybridized carbons (Fsp3) is 0.214. The summed E-state index contributed by atoms with van der Waals surface area (Å²) in [5.41, 5.74) is 4.23. The van der Waals surface area contributed by atoms with Gasteiger partial charge in [-0.2, -0.15) is 0 Å². The second kappa shape index (κ2) is 9.69. The molecule has 2 aromatic heterocycles. The largest absolute Gasteiger partial charge is 0.494 e. The zero-order chi connectivity index (χ0) is 23.5. The van der Waals surface area contributed by atoms with Gasteiger partial charge in [-0.1, -0.05) is 25.1 Å². The molecule has 0 spiro atoms. The summed E-state index contributed by atoms with van der Waals surface area (Å²) < 4.78 is 12.0. The minimum Gasteiger partial charge on any atom is -0.494 e. The quantitative estimate of drug-likeness (QED) is 0.313. The number of ether oxygens (including phenoxy) is 1. The predicted molar refractivity (Wildman–Crippen MR) is 139 cm³/mol. The Morgan fingerprint density at radius 3 is 2.44 bits per heavy atom. The van der Waals surface area contributed by atoms with Gasteiger partial charge in [0.1, 0.15) is 23.3 Å². The lowest BCUT2D eigenvalue weighted by Gasteiger charge is -2.26. The molecule has 1 fully saturated rings. The SMILES string of the molecule is CCOc1ccc(-c2ccc([C@@H]3[C@@H](c4ccccn4)NC(=S)N3c3ccc(CC)cc3)o2)cc1. The topological polar surface area (TPSA) is 50.5 Å². The fourth-order valence-electron chi connectivity index (χ4n) is 4.36. The maximum Gasteiger partial charge on any atom is 0.174 e. The first-order chi connectivity index (χ1) is 16.7. The zero-order valence-corrected chi connectivity index (χ0v) is 20.1. The van der Waals surface area contributed by atoms with Crippen LogP contribution in [-0.2, 0) is 6.42 Å². The highest BCUT2D eigenvalue weighted by Crippen LogP contribution is 2.43. The number of aromatic nitrogens is 1. The summed E-state index contributed by atoms with van der Waals surface area (Å²) in [5, 5.41) is 4.14. The monoisotopic (exact) mass is 469 g/mol. The highest BCUT2D eigenvalue weighted by molar-refractivity contribution is 7.80. The first-order valence-electron chi connectivity index (χ1n) is 11.6. The van der Waals surface area contributed by atoms with Crippen molar-refractivity contribution < 1.29 is 9.15 Å². The van der Waals surface area contributed by atoms with Crippen molar-refractivity contribution in [3.05, 3.63) is 102 Å². The maximum atomic E-state index is 6.44. The standard InChI is InChI=1S/C28H27N3O2S/c1-3-19-8-12-21(13-9-19)31-27(26(30-28(31)34)23-7-5-6-18-29-23)25-17-16-24(33-25)20-10-14-22(15-11-20)32-4-2/h5-18,26-27H,3-4H2,1-2H3,(H,30,34)/t26-,27-/m1/s1. The molecule has 0 amide bonds. The van der Waals surface area contributed by atoms with Crippen LogP contribution in [0.1, 0.15) is 42.9 Å². The number of pyridine rings is 1. The number of benzene rings is 2. The summed E-state index contributed by atoms with van der Waals surface area (Å²) in [7, 11) is 0. The van der Waals surface area contributed by atoms with E-state index in [-0.39, 0.29) is 12.1 Å². The molecule has 1 N–H and O–H groups in total. The van der Waals surface area contributed by atoms with Crippen molar-refractivity contribution >= 4 is 23.0 Å². The lowest BCUT2D eigenvalue weighted by Crippen LogP contribution is -2.29. The third-order valence-electron chi connectivity index (χ3n) is 6.09. The molecule has 0 bridgehead atoms. The van der Waals surface area contributed by atoms with Gasteiger partial charge in [0.2, 0.25) is 0 Å². The van der Waals surface area contributed by atoms with Crippen LogP contribution in [0.4, 0.5) is 5.69 Å². The van der Waals surface area contributed by atoms with E-state index >= 15 is 0 Å². The van der Waals surface area contributed by atoms with E-state index < -0.39 is 0 Å². The first kappa shape index (κ1) is 22.2. The van der Waals surface area contributed by atoms with Gasteiger partial charge in [0.15, 0.2) is 5.11 Å². The van der Waals surface area contributed by atoms with Crippen molar-refractivity contribution in [3.8, 4) is 17.1 Å². The van der Waals surface area contributed by atoms with Gasteiger partial charge in [-0.05, 0) is 91.8 Å². The van der Waals surface area contributed by atoms with Crippen molar-refractivity contribution in [2.75, 3.05) is 11.5 Å². The Balaban J connectivity index is 1.53. The zero-order valence-electron chi connectivity index (χ0n) is 19.3. The van der Waals surface area contributed by atoms with Crippen LogP contribution in [0.15, 0.2) is 89.5 Å². The molecule has 1 aliphatic heterocycles. The van der Waals surface area contributed by atoms with E-state index in [1.807, 2.05) is 67.7 Å². The number of hydrogen-bond acceptors (Lipinski definition) is 4. The summed E-state index contributed by atoms with van der Waals surface area (Å²) in [6.07, 6.45) is 2.80. The maximum absolute atomic E-state index is 6.44. The van der Waals surface area contributed by atoms with Crippen molar-refractivity contribution in [1.29, 1.82) is 0 Å². The third kappa shape index (κ3) is 4.29. The average Bonchev–Trinajstić information content (AvgIpc) is 3.50. The van der Waals surface area contributed by atoms with Crippen LogP contribution in [0.5, 0.6) is 5.75 Å². The van der Waals surface area contributed by atoms with Crippen LogP contribution >= 0.6 is 12.2 Å². The number of furan rings is 1. The Morgan fingerprint density at radius 1 is 0.971 bits per heavy atom. The Bertz CT molecular complexity index is 1250. The van der Waals surface area contributed by atoms with Gasteiger partial charge in [0, 0.05) is 17.4 Å². The summed E-state index contributed by atoms with van der Waals surface area (Å²) >= 11 is 5.81. The number of thiocarbonyl (C=S) groups is 1. The van der Waals surface area contributed by atoms with Gasteiger partial charge >= 0.3 is 0 Å². The van der Waals surface area contributed by atoms with Gasteiger partial charge in [0.05, 0.1) is 18.3 Å². The first-order valence-corrected chi connectivity index (χ1v) is 12.0. The molecule has 6 heteroatoms. The summed E-state index contributed by atoms with van der Waals surface area (Å²) in [6, 6.07) is 26.2. The number of aryl methyl sites for hydroxylation is 1. The molecule has 3 heterocycles. The molecule has 0 unspecified atom stereocenters. The third-order valence-corrected chi connectivity index (χ3v) is 6.40. The van der Waals surface area contributed by atoms with E-state index in [0.717, 1.165) is 40.6 Å². The van der Waals surface area contributed by atoms with Crippen LogP contribution in [0.2, 0.25) is 0 Å². The van der Waals surface area contributed by atoms with Crippen molar-refractivity contribution in [2.45, 2.75) is 32.4 Å². The van der Waals surface area contributed by atoms with E-state index in [4.69, 9.17) is 21.4 Å². The van der Waals surface area contributed by atoms with Crippen LogP contribution in [-0.4, -0.2) is 16.7 Å². The molecule has 4 aromatic rings. The van der Waals surface area contributed by atoms with E-state index in [9.17, 15) is 0 Å². The average molecular weight is 470 g/mol. The Morgan fingerprint density at radius 2 is 1.76 bits per heavy atom. The molecule has 34 heavy (non-hydrogen) atoms. The van der Waals surface area contributed by atoms with E-state index in [1.54, 1.807) is 0 Å². The molecule has 0 aliphatic carbocycles. The van der Waals surface area contributed by atoms with Crippen LogP contribution < -0.4 is 15.0 Å². The molecule has 2 atom stereocenters. The summed E-state index contributed by atoms with van der Waals surface area (Å²) in [6.45, 7) is 4.78. The van der Waals surface area contributed by atoms with Crippen molar-refractivity contribution in [2.24, 2.45) is 0 Å². The van der Waals surface area contributed by atoms with Crippen LogP contribution in [0.25, 0.3) is 11.3 Å². The highest BCUT2D eigenvalue weighted by atomic mass is 32.1. The Hall–Kier alpha value is -3.64. The summed E-state index contributed by atoms with van der Waals surface area (Å²) in [4.78, 5) is 6.75. The van der Waals surface area contributed by atoms with Gasteiger partial charge in [0.25, 0.3) is 0 Å². The number of nitrogens with one attached hydrogen (secondary N) is 1. The summed E-state index contributed by atoms with van der Waals surface area (Å²) in [5.74, 6) is 2.48. The smallest absolute Gasteiger partial charge is 0.174 e. The molecule has 1 saturated heterocycles. The van der Waals surface area contributed by atoms with E-state index in [1.165, 1.54) is 5.56 Å². The van der Waals surface area contributed by atoms with Crippen LogP contribution in [0.3, 0.4) is 0 Å². The molecule has 0 radical (unpaired) electrons. The Kier molecular flexibility index (Phi) is 6.32. The van der Waals surface area contributed by atoms with Gasteiger partial charge in [-0.3, -0.25) is 4.98 Å². The number of anilines is 1. The molecule has 2 aromatic carbocycles. The minimum atomic E-state index is -0.175. The molecular formula is C28H27N3O2S. The molecule has 5 nitrogen and oxygen atoms in total. The second-order valence-electron chi connectivity index (χ2n) is 8.18.